The maximum Gasteiger partial charge on any atom is 0.436 e. The fraction of sp³-hybridized carbons (Fsp3) is 0.438. The molecule has 0 saturated heterocycles. The minimum atomic E-state index is -4.80. The molecule has 1 aliphatic rings. The zero-order chi connectivity index (χ0) is 19.8. The molecule has 1 fully saturated rings. The highest BCUT2D eigenvalue weighted by molar-refractivity contribution is 7.90. The van der Waals surface area contributed by atoms with Crippen molar-refractivity contribution in [3.63, 3.8) is 0 Å². The molecule has 0 atom stereocenters. The quantitative estimate of drug-likeness (QED) is 0.848. The van der Waals surface area contributed by atoms with Crippen LogP contribution in [0, 0.1) is 11.3 Å². The number of aromatic nitrogens is 3. The van der Waals surface area contributed by atoms with Crippen molar-refractivity contribution < 1.29 is 21.6 Å². The van der Waals surface area contributed by atoms with Crippen molar-refractivity contribution >= 4 is 15.7 Å². The van der Waals surface area contributed by atoms with E-state index in [9.17, 15) is 26.9 Å². The van der Waals surface area contributed by atoms with Crippen LogP contribution in [0.25, 0.3) is 5.69 Å². The lowest BCUT2D eigenvalue weighted by Crippen LogP contribution is -2.18. The molecule has 3 rings (SSSR count). The molecule has 2 aromatic rings. The Hall–Kier alpha value is -2.61. The van der Waals surface area contributed by atoms with E-state index in [0.717, 1.165) is 42.8 Å². The van der Waals surface area contributed by atoms with E-state index in [1.807, 2.05) is 0 Å². The van der Waals surface area contributed by atoms with Crippen molar-refractivity contribution in [1.82, 2.24) is 14.8 Å². The van der Waals surface area contributed by atoms with Crippen molar-refractivity contribution in [3.05, 3.63) is 29.6 Å². The second-order valence-electron chi connectivity index (χ2n) is 6.35. The lowest BCUT2D eigenvalue weighted by Gasteiger charge is -2.15. The van der Waals surface area contributed by atoms with Crippen LogP contribution in [0.1, 0.15) is 36.9 Å². The second kappa shape index (κ2) is 6.84. The van der Waals surface area contributed by atoms with Crippen LogP contribution in [-0.4, -0.2) is 35.5 Å². The molecular weight excluding hydrogens is 383 g/mol. The summed E-state index contributed by atoms with van der Waals surface area (Å²) in [5, 5.41) is 15.7. The van der Waals surface area contributed by atoms with Crippen LogP contribution in [0.3, 0.4) is 0 Å². The highest BCUT2D eigenvalue weighted by Crippen LogP contribution is 2.36. The molecule has 0 aromatic carbocycles. The standard InChI is InChI=1S/C16H16F3N5O2S/c1-27(25,26)13-7-6-11(9-21-13)24-15(22-10-4-2-3-5-10)12(8-20)14(23-24)16(17,18)19/h6-7,9-10,22H,2-5H2,1H3. The summed E-state index contributed by atoms with van der Waals surface area (Å²) in [4.78, 5) is 3.79. The van der Waals surface area contributed by atoms with E-state index in [-0.39, 0.29) is 22.6 Å². The SMILES string of the molecule is CS(=O)(=O)c1ccc(-n2nc(C(F)(F)F)c(C#N)c2NC2CCCC2)cn1. The van der Waals surface area contributed by atoms with E-state index >= 15 is 0 Å². The van der Waals surface area contributed by atoms with Gasteiger partial charge in [0.25, 0.3) is 0 Å². The van der Waals surface area contributed by atoms with E-state index in [1.54, 1.807) is 6.07 Å². The van der Waals surface area contributed by atoms with Gasteiger partial charge in [-0.15, -0.1) is 0 Å². The first-order chi connectivity index (χ1) is 12.6. The van der Waals surface area contributed by atoms with Crippen LogP contribution in [0.5, 0.6) is 0 Å². The summed E-state index contributed by atoms with van der Waals surface area (Å²) in [7, 11) is -3.55. The van der Waals surface area contributed by atoms with E-state index < -0.39 is 27.3 Å². The summed E-state index contributed by atoms with van der Waals surface area (Å²) in [6.45, 7) is 0. The number of hydrogen-bond donors (Lipinski definition) is 1. The van der Waals surface area contributed by atoms with Crippen LogP contribution in [0.4, 0.5) is 19.0 Å². The van der Waals surface area contributed by atoms with Gasteiger partial charge in [0.1, 0.15) is 17.5 Å². The largest absolute Gasteiger partial charge is 0.436 e. The molecule has 0 unspecified atom stereocenters. The Bertz CT molecular complexity index is 985. The predicted molar refractivity (Wildman–Crippen MR) is 90.1 cm³/mol. The first kappa shape index (κ1) is 19.2. The van der Waals surface area contributed by atoms with Gasteiger partial charge in [-0.2, -0.15) is 23.5 Å². The Labute approximate surface area is 153 Å². The van der Waals surface area contributed by atoms with E-state index in [2.05, 4.69) is 15.4 Å². The highest BCUT2D eigenvalue weighted by atomic mass is 32.2. The normalized spacial score (nSPS) is 15.7. The van der Waals surface area contributed by atoms with Gasteiger partial charge in [0, 0.05) is 12.3 Å². The Morgan fingerprint density at radius 3 is 2.44 bits per heavy atom. The van der Waals surface area contributed by atoms with Gasteiger partial charge < -0.3 is 5.32 Å². The lowest BCUT2D eigenvalue weighted by atomic mass is 10.2. The molecule has 11 heteroatoms. The third-order valence-corrected chi connectivity index (χ3v) is 5.31. The Balaban J connectivity index is 2.12. The summed E-state index contributed by atoms with van der Waals surface area (Å²) in [6, 6.07) is 4.02. The maximum absolute atomic E-state index is 13.3. The van der Waals surface area contributed by atoms with Crippen molar-refractivity contribution in [2.45, 2.75) is 42.9 Å². The Morgan fingerprint density at radius 2 is 1.96 bits per heavy atom. The molecule has 1 N–H and O–H groups in total. The van der Waals surface area contributed by atoms with Crippen LogP contribution < -0.4 is 5.32 Å². The van der Waals surface area contributed by atoms with Crippen LogP contribution in [0.2, 0.25) is 0 Å². The van der Waals surface area contributed by atoms with Gasteiger partial charge in [-0.25, -0.2) is 18.1 Å². The first-order valence-corrected chi connectivity index (χ1v) is 10.0. The number of sulfone groups is 1. The molecular formula is C16H16F3N5O2S. The van der Waals surface area contributed by atoms with E-state index in [1.165, 1.54) is 12.1 Å². The van der Waals surface area contributed by atoms with Crippen LogP contribution >= 0.6 is 0 Å². The third-order valence-electron chi connectivity index (χ3n) is 4.31. The molecule has 0 amide bonds. The number of rotatable bonds is 4. The summed E-state index contributed by atoms with van der Waals surface area (Å²) in [5.41, 5.74) is -1.77. The molecule has 144 valence electrons. The fourth-order valence-electron chi connectivity index (χ4n) is 3.02. The van der Waals surface area contributed by atoms with Gasteiger partial charge >= 0.3 is 6.18 Å². The average Bonchev–Trinajstić information content (AvgIpc) is 3.21. The minimum absolute atomic E-state index is 0.0584. The van der Waals surface area contributed by atoms with Crippen molar-refractivity contribution in [1.29, 1.82) is 5.26 Å². The molecule has 27 heavy (non-hydrogen) atoms. The van der Waals surface area contributed by atoms with E-state index in [0.29, 0.717) is 0 Å². The smallest absolute Gasteiger partial charge is 0.366 e. The second-order valence-corrected chi connectivity index (χ2v) is 8.31. The number of halogens is 3. The average molecular weight is 399 g/mol. The van der Waals surface area contributed by atoms with Crippen molar-refractivity contribution in [3.8, 4) is 11.8 Å². The predicted octanol–water partition coefficient (Wildman–Crippen LogP) is 2.92. The van der Waals surface area contributed by atoms with Gasteiger partial charge in [-0.3, -0.25) is 0 Å². The van der Waals surface area contributed by atoms with Gasteiger partial charge in [-0.1, -0.05) is 12.8 Å². The summed E-state index contributed by atoms with van der Waals surface area (Å²) in [6.07, 6.45) is 0.749. The molecule has 0 radical (unpaired) electrons. The molecule has 2 heterocycles. The van der Waals surface area contributed by atoms with Crippen molar-refractivity contribution in [2.24, 2.45) is 0 Å². The molecule has 0 aliphatic heterocycles. The number of hydrogen-bond acceptors (Lipinski definition) is 6. The summed E-state index contributed by atoms with van der Waals surface area (Å²) < 4.78 is 64.0. The monoisotopic (exact) mass is 399 g/mol. The topological polar surface area (TPSA) is 101 Å². The van der Waals surface area contributed by atoms with Crippen LogP contribution in [-0.2, 0) is 16.0 Å². The number of nitriles is 1. The van der Waals surface area contributed by atoms with Crippen molar-refractivity contribution in [2.75, 3.05) is 11.6 Å². The minimum Gasteiger partial charge on any atom is -0.366 e. The van der Waals surface area contributed by atoms with Gasteiger partial charge in [0.2, 0.25) is 0 Å². The van der Waals surface area contributed by atoms with E-state index in [4.69, 9.17) is 0 Å². The number of nitrogens with zero attached hydrogens (tertiary/aromatic N) is 4. The first-order valence-electron chi connectivity index (χ1n) is 8.14. The third kappa shape index (κ3) is 3.90. The number of nitrogens with one attached hydrogen (secondary N) is 1. The van der Waals surface area contributed by atoms with Gasteiger partial charge in [0.05, 0.1) is 11.9 Å². The number of alkyl halides is 3. The zero-order valence-corrected chi connectivity index (χ0v) is 15.1. The van der Waals surface area contributed by atoms with Gasteiger partial charge in [0.15, 0.2) is 20.6 Å². The number of pyridine rings is 1. The molecule has 7 nitrogen and oxygen atoms in total. The molecule has 1 saturated carbocycles. The lowest BCUT2D eigenvalue weighted by molar-refractivity contribution is -0.141. The Kier molecular flexibility index (Phi) is 4.86. The van der Waals surface area contributed by atoms with Gasteiger partial charge in [-0.05, 0) is 25.0 Å². The molecule has 2 aromatic heterocycles. The molecule has 0 spiro atoms. The highest BCUT2D eigenvalue weighted by Gasteiger charge is 2.40. The molecule has 0 bridgehead atoms. The zero-order valence-electron chi connectivity index (χ0n) is 14.3. The molecule has 1 aliphatic carbocycles. The summed E-state index contributed by atoms with van der Waals surface area (Å²) >= 11 is 0. The Morgan fingerprint density at radius 1 is 1.30 bits per heavy atom. The fourth-order valence-corrected chi connectivity index (χ4v) is 3.58. The summed E-state index contributed by atoms with van der Waals surface area (Å²) in [5.74, 6) is -0.0642. The van der Waals surface area contributed by atoms with Crippen LogP contribution in [0.15, 0.2) is 23.4 Å². The maximum atomic E-state index is 13.3. The number of anilines is 1.